The summed E-state index contributed by atoms with van der Waals surface area (Å²) in [5, 5.41) is 3.15. The van der Waals surface area contributed by atoms with Crippen LogP contribution in [0.2, 0.25) is 0 Å². The molecule has 0 unspecified atom stereocenters. The number of amides is 1. The van der Waals surface area contributed by atoms with Crippen molar-refractivity contribution in [3.05, 3.63) is 29.8 Å². The van der Waals surface area contributed by atoms with Crippen LogP contribution in [0, 0.1) is 0 Å². The van der Waals surface area contributed by atoms with Crippen LogP contribution in [0.5, 0.6) is 5.75 Å². The second-order valence-electron chi connectivity index (χ2n) is 4.75. The highest BCUT2D eigenvalue weighted by molar-refractivity contribution is 5.79. The number of hydrogen-bond donors (Lipinski definition) is 2. The summed E-state index contributed by atoms with van der Waals surface area (Å²) in [6.07, 6.45) is 0.146. The monoisotopic (exact) mass is 250 g/mol. The highest BCUT2D eigenvalue weighted by Crippen LogP contribution is 2.20. The fraction of sp³-hybridized carbons (Fsp3) is 0.500. The average Bonchev–Trinajstić information content (AvgIpc) is 2.28. The van der Waals surface area contributed by atoms with Crippen molar-refractivity contribution in [3.8, 4) is 5.75 Å². The zero-order valence-corrected chi connectivity index (χ0v) is 11.4. The van der Waals surface area contributed by atoms with Gasteiger partial charge in [-0.3, -0.25) is 10.1 Å². The Kier molecular flexibility index (Phi) is 5.16. The number of nitrogens with one attached hydrogen (secondary N) is 1. The van der Waals surface area contributed by atoms with Gasteiger partial charge in [0, 0.05) is 6.04 Å². The number of nitrogens with two attached hydrogens (primary N) is 1. The first kappa shape index (κ1) is 14.5. The van der Waals surface area contributed by atoms with Crippen molar-refractivity contribution < 1.29 is 9.53 Å². The summed E-state index contributed by atoms with van der Waals surface area (Å²) in [6.45, 7) is 7.73. The van der Waals surface area contributed by atoms with Crippen molar-refractivity contribution >= 4 is 5.91 Å². The number of primary amides is 1. The molecular formula is C14H22N2O2. The molecule has 0 fully saturated rings. The molecule has 0 aromatic heterocycles. The largest absolute Gasteiger partial charge is 0.491 e. The van der Waals surface area contributed by atoms with Crippen LogP contribution in [-0.2, 0) is 4.79 Å². The van der Waals surface area contributed by atoms with Crippen molar-refractivity contribution in [2.24, 2.45) is 5.73 Å². The van der Waals surface area contributed by atoms with E-state index in [1.807, 2.05) is 45.0 Å². The molecule has 2 atom stereocenters. The molecule has 4 nitrogen and oxygen atoms in total. The Hall–Kier alpha value is -1.55. The summed E-state index contributed by atoms with van der Waals surface area (Å²) >= 11 is 0. The molecular weight excluding hydrogens is 228 g/mol. The molecule has 0 spiro atoms. The fourth-order valence-electron chi connectivity index (χ4n) is 1.68. The normalized spacial score (nSPS) is 14.3. The third-order valence-corrected chi connectivity index (χ3v) is 2.66. The van der Waals surface area contributed by atoms with Gasteiger partial charge >= 0.3 is 0 Å². The number of ether oxygens (including phenoxy) is 1. The Labute approximate surface area is 109 Å². The smallest absolute Gasteiger partial charge is 0.234 e. The van der Waals surface area contributed by atoms with Gasteiger partial charge < -0.3 is 10.5 Å². The van der Waals surface area contributed by atoms with E-state index < -0.39 is 0 Å². The molecule has 1 amide bonds. The topological polar surface area (TPSA) is 64.3 Å². The number of benzene rings is 1. The molecule has 0 aliphatic heterocycles. The Morgan fingerprint density at radius 3 is 2.50 bits per heavy atom. The van der Waals surface area contributed by atoms with Crippen molar-refractivity contribution in [3.63, 3.8) is 0 Å². The summed E-state index contributed by atoms with van der Waals surface area (Å²) in [4.78, 5) is 11.0. The number of carbonyl (C=O) groups is 1. The Morgan fingerprint density at radius 1 is 1.28 bits per heavy atom. The molecule has 0 heterocycles. The quantitative estimate of drug-likeness (QED) is 0.811. The lowest BCUT2D eigenvalue weighted by molar-refractivity contribution is -0.119. The van der Waals surface area contributed by atoms with E-state index in [-0.39, 0.29) is 24.1 Å². The predicted molar refractivity (Wildman–Crippen MR) is 72.4 cm³/mol. The molecule has 1 rings (SSSR count). The van der Waals surface area contributed by atoms with Gasteiger partial charge in [-0.1, -0.05) is 12.1 Å². The standard InChI is InChI=1S/C14H22N2O2/c1-9(2)18-13-7-5-6-12(8-13)10(3)16-11(4)14(15)17/h5-11,16H,1-4H3,(H2,15,17)/t10-,11+/m0/s1. The summed E-state index contributed by atoms with van der Waals surface area (Å²) in [5.41, 5.74) is 6.30. The zero-order valence-electron chi connectivity index (χ0n) is 11.4. The molecule has 18 heavy (non-hydrogen) atoms. The summed E-state index contributed by atoms with van der Waals surface area (Å²) in [5.74, 6) is 0.485. The minimum absolute atomic E-state index is 0.0446. The van der Waals surface area contributed by atoms with E-state index in [0.29, 0.717) is 0 Å². The van der Waals surface area contributed by atoms with Crippen molar-refractivity contribution in [2.75, 3.05) is 0 Å². The minimum Gasteiger partial charge on any atom is -0.491 e. The highest BCUT2D eigenvalue weighted by atomic mass is 16.5. The maximum atomic E-state index is 11.0. The minimum atomic E-state index is -0.352. The van der Waals surface area contributed by atoms with E-state index in [1.54, 1.807) is 6.92 Å². The predicted octanol–water partition coefficient (Wildman–Crippen LogP) is 2.00. The van der Waals surface area contributed by atoms with Crippen LogP contribution in [0.15, 0.2) is 24.3 Å². The molecule has 0 radical (unpaired) electrons. The zero-order chi connectivity index (χ0) is 13.7. The van der Waals surface area contributed by atoms with Gasteiger partial charge in [-0.05, 0) is 45.4 Å². The third-order valence-electron chi connectivity index (χ3n) is 2.66. The molecule has 3 N–H and O–H groups in total. The van der Waals surface area contributed by atoms with E-state index in [1.165, 1.54) is 0 Å². The Balaban J connectivity index is 2.73. The second kappa shape index (κ2) is 6.40. The van der Waals surface area contributed by atoms with E-state index in [0.717, 1.165) is 11.3 Å². The summed E-state index contributed by atoms with van der Waals surface area (Å²) < 4.78 is 5.64. The van der Waals surface area contributed by atoms with Gasteiger partial charge in [0.25, 0.3) is 0 Å². The fourth-order valence-corrected chi connectivity index (χ4v) is 1.68. The van der Waals surface area contributed by atoms with Crippen LogP contribution in [0.1, 0.15) is 39.3 Å². The third kappa shape index (κ3) is 4.37. The molecule has 1 aromatic carbocycles. The van der Waals surface area contributed by atoms with Gasteiger partial charge in [0.05, 0.1) is 12.1 Å². The number of rotatable bonds is 6. The molecule has 100 valence electrons. The first-order chi connectivity index (χ1) is 8.40. The van der Waals surface area contributed by atoms with Crippen LogP contribution in [0.4, 0.5) is 0 Å². The van der Waals surface area contributed by atoms with Gasteiger partial charge in [0.2, 0.25) is 5.91 Å². The summed E-state index contributed by atoms with van der Waals surface area (Å²) in [7, 11) is 0. The van der Waals surface area contributed by atoms with E-state index >= 15 is 0 Å². The molecule has 0 saturated heterocycles. The first-order valence-corrected chi connectivity index (χ1v) is 6.22. The van der Waals surface area contributed by atoms with Crippen LogP contribution in [-0.4, -0.2) is 18.1 Å². The first-order valence-electron chi connectivity index (χ1n) is 6.22. The molecule has 1 aromatic rings. The molecule has 0 bridgehead atoms. The van der Waals surface area contributed by atoms with Crippen LogP contribution < -0.4 is 15.8 Å². The van der Waals surface area contributed by atoms with Crippen molar-refractivity contribution in [2.45, 2.75) is 45.9 Å². The van der Waals surface area contributed by atoms with Crippen LogP contribution in [0.3, 0.4) is 0 Å². The maximum Gasteiger partial charge on any atom is 0.234 e. The van der Waals surface area contributed by atoms with Gasteiger partial charge in [-0.15, -0.1) is 0 Å². The average molecular weight is 250 g/mol. The lowest BCUT2D eigenvalue weighted by Crippen LogP contribution is -2.39. The number of carbonyl (C=O) groups excluding carboxylic acids is 1. The maximum absolute atomic E-state index is 11.0. The van der Waals surface area contributed by atoms with Crippen molar-refractivity contribution in [1.82, 2.24) is 5.32 Å². The summed E-state index contributed by atoms with van der Waals surface area (Å²) in [6, 6.07) is 7.54. The second-order valence-corrected chi connectivity index (χ2v) is 4.75. The van der Waals surface area contributed by atoms with Gasteiger partial charge in [-0.25, -0.2) is 0 Å². The number of hydrogen-bond acceptors (Lipinski definition) is 3. The van der Waals surface area contributed by atoms with Gasteiger partial charge in [-0.2, -0.15) is 0 Å². The SMILES string of the molecule is CC(C)Oc1cccc([C@H](C)N[C@H](C)C(N)=O)c1. The van der Waals surface area contributed by atoms with E-state index in [2.05, 4.69) is 5.32 Å². The van der Waals surface area contributed by atoms with Crippen LogP contribution >= 0.6 is 0 Å². The molecule has 0 saturated carbocycles. The van der Waals surface area contributed by atoms with E-state index in [4.69, 9.17) is 10.5 Å². The van der Waals surface area contributed by atoms with E-state index in [9.17, 15) is 4.79 Å². The molecule has 4 heteroatoms. The lowest BCUT2D eigenvalue weighted by atomic mass is 10.1. The molecule has 0 aliphatic rings. The van der Waals surface area contributed by atoms with Crippen LogP contribution in [0.25, 0.3) is 0 Å². The highest BCUT2D eigenvalue weighted by Gasteiger charge is 2.13. The Bertz CT molecular complexity index is 405. The Morgan fingerprint density at radius 2 is 1.94 bits per heavy atom. The van der Waals surface area contributed by atoms with Gasteiger partial charge in [0.1, 0.15) is 5.75 Å². The van der Waals surface area contributed by atoms with Crippen molar-refractivity contribution in [1.29, 1.82) is 0 Å². The lowest BCUT2D eigenvalue weighted by Gasteiger charge is -2.19. The van der Waals surface area contributed by atoms with Gasteiger partial charge in [0.15, 0.2) is 0 Å². The molecule has 0 aliphatic carbocycles.